The maximum atomic E-state index is 6.03. The fourth-order valence-electron chi connectivity index (χ4n) is 4.48. The number of benzene rings is 1. The lowest BCUT2D eigenvalue weighted by Gasteiger charge is -2.35. The van der Waals surface area contributed by atoms with Crippen molar-refractivity contribution in [3.63, 3.8) is 0 Å². The first kappa shape index (κ1) is 13.7. The van der Waals surface area contributed by atoms with Gasteiger partial charge in [-0.25, -0.2) is 0 Å². The third kappa shape index (κ3) is 2.75. The topological polar surface area (TPSA) is 32.5 Å². The van der Waals surface area contributed by atoms with E-state index >= 15 is 0 Å². The number of likely N-dealkylation sites (tertiary alicyclic amines) is 2. The van der Waals surface area contributed by atoms with Crippen LogP contribution in [0.1, 0.15) is 30.4 Å². The highest BCUT2D eigenvalue weighted by Gasteiger charge is 2.35. The van der Waals surface area contributed by atoms with Crippen LogP contribution in [-0.4, -0.2) is 54.1 Å². The third-order valence-corrected chi connectivity index (χ3v) is 5.83. The minimum absolute atomic E-state index is 0.447. The summed E-state index contributed by atoms with van der Waals surface area (Å²) in [5.41, 5.74) is 9.19. The second kappa shape index (κ2) is 5.71. The molecule has 1 unspecified atom stereocenters. The number of piperidine rings is 1. The number of hydrogen-bond donors (Lipinski definition) is 1. The van der Waals surface area contributed by atoms with E-state index in [0.29, 0.717) is 6.04 Å². The van der Waals surface area contributed by atoms with Crippen LogP contribution in [0.2, 0.25) is 0 Å². The molecule has 2 heterocycles. The van der Waals surface area contributed by atoms with Crippen LogP contribution in [0.25, 0.3) is 0 Å². The molecular formula is C18H27N3. The Morgan fingerprint density at radius 3 is 2.10 bits per heavy atom. The molecule has 1 aliphatic carbocycles. The van der Waals surface area contributed by atoms with Gasteiger partial charge in [-0.05, 0) is 56.3 Å². The van der Waals surface area contributed by atoms with Crippen LogP contribution in [0.5, 0.6) is 0 Å². The average molecular weight is 285 g/mol. The lowest BCUT2D eigenvalue weighted by atomic mass is 10.0. The Morgan fingerprint density at radius 1 is 0.810 bits per heavy atom. The molecule has 2 N–H and O–H groups in total. The number of nitrogens with two attached hydrogens (primary N) is 1. The molecule has 2 fully saturated rings. The first-order chi connectivity index (χ1) is 10.3. The van der Waals surface area contributed by atoms with Gasteiger partial charge in [0.05, 0.1) is 0 Å². The molecule has 0 saturated carbocycles. The highest BCUT2D eigenvalue weighted by atomic mass is 15.3. The zero-order chi connectivity index (χ0) is 14.2. The van der Waals surface area contributed by atoms with Gasteiger partial charge in [0, 0.05) is 31.2 Å². The predicted molar refractivity (Wildman–Crippen MR) is 86.4 cm³/mol. The minimum atomic E-state index is 0.447. The number of nitrogens with zero attached hydrogens (tertiary/aromatic N) is 2. The lowest BCUT2D eigenvalue weighted by Crippen LogP contribution is -2.46. The average Bonchev–Trinajstić information content (AvgIpc) is 3.14. The fourth-order valence-corrected chi connectivity index (χ4v) is 4.48. The summed E-state index contributed by atoms with van der Waals surface area (Å²) in [4.78, 5) is 5.45. The number of rotatable bonds is 2. The lowest BCUT2D eigenvalue weighted by molar-refractivity contribution is 0.144. The van der Waals surface area contributed by atoms with E-state index in [4.69, 9.17) is 5.73 Å². The summed E-state index contributed by atoms with van der Waals surface area (Å²) in [6.07, 6.45) is 6.24. The molecular weight excluding hydrogens is 258 g/mol. The van der Waals surface area contributed by atoms with Crippen molar-refractivity contribution in [1.82, 2.24) is 9.80 Å². The van der Waals surface area contributed by atoms with Crippen LogP contribution < -0.4 is 5.73 Å². The Bertz CT molecular complexity index is 468. The Hall–Kier alpha value is -0.900. The van der Waals surface area contributed by atoms with E-state index in [1.54, 1.807) is 11.1 Å². The minimum Gasteiger partial charge on any atom is -0.328 e. The van der Waals surface area contributed by atoms with Gasteiger partial charge in [-0.15, -0.1) is 0 Å². The maximum Gasteiger partial charge on any atom is 0.0235 e. The quantitative estimate of drug-likeness (QED) is 0.897. The summed E-state index contributed by atoms with van der Waals surface area (Å²) in [7, 11) is 0. The summed E-state index contributed by atoms with van der Waals surface area (Å²) in [6, 6.07) is 11.0. The summed E-state index contributed by atoms with van der Waals surface area (Å²) >= 11 is 0. The van der Waals surface area contributed by atoms with Crippen molar-refractivity contribution in [1.29, 1.82) is 0 Å². The second-order valence-electron chi connectivity index (χ2n) is 7.14. The predicted octanol–water partition coefficient (Wildman–Crippen LogP) is 1.65. The van der Waals surface area contributed by atoms with Crippen LogP contribution in [0, 0.1) is 0 Å². The molecule has 114 valence electrons. The van der Waals surface area contributed by atoms with Crippen LogP contribution in [0.3, 0.4) is 0 Å². The van der Waals surface area contributed by atoms with Gasteiger partial charge in [0.15, 0.2) is 0 Å². The third-order valence-electron chi connectivity index (χ3n) is 5.83. The first-order valence-corrected chi connectivity index (χ1v) is 8.60. The Balaban J connectivity index is 1.35. The molecule has 3 heteroatoms. The zero-order valence-electron chi connectivity index (χ0n) is 12.9. The highest BCUT2D eigenvalue weighted by molar-refractivity contribution is 5.33. The molecule has 1 aromatic rings. The molecule has 2 aliphatic heterocycles. The molecule has 0 radical (unpaired) electrons. The maximum absolute atomic E-state index is 6.03. The molecule has 0 bridgehead atoms. The van der Waals surface area contributed by atoms with Crippen LogP contribution in [0.4, 0.5) is 0 Å². The van der Waals surface area contributed by atoms with E-state index in [1.165, 1.54) is 58.3 Å². The van der Waals surface area contributed by atoms with E-state index in [9.17, 15) is 0 Å². The number of hydrogen-bond acceptors (Lipinski definition) is 3. The SMILES string of the molecule is NC1CCN(C2CCN(C3Cc4ccccc4C3)C2)CC1. The standard InChI is InChI=1S/C18H27N3/c19-16-5-8-20(9-6-16)17-7-10-21(13-17)18-11-14-3-1-2-4-15(14)12-18/h1-4,16-18H,5-13,19H2. The van der Waals surface area contributed by atoms with Crippen molar-refractivity contribution in [2.45, 2.75) is 50.2 Å². The summed E-state index contributed by atoms with van der Waals surface area (Å²) < 4.78 is 0. The molecule has 1 atom stereocenters. The molecule has 1 aromatic carbocycles. The van der Waals surface area contributed by atoms with Crippen molar-refractivity contribution in [3.05, 3.63) is 35.4 Å². The van der Waals surface area contributed by atoms with Gasteiger partial charge in [-0.1, -0.05) is 24.3 Å². The van der Waals surface area contributed by atoms with Crippen LogP contribution in [-0.2, 0) is 12.8 Å². The molecule has 3 aliphatic rings. The monoisotopic (exact) mass is 285 g/mol. The zero-order valence-corrected chi connectivity index (χ0v) is 12.9. The molecule has 0 amide bonds. The molecule has 3 nitrogen and oxygen atoms in total. The van der Waals surface area contributed by atoms with Gasteiger partial charge >= 0.3 is 0 Å². The van der Waals surface area contributed by atoms with E-state index in [-0.39, 0.29) is 0 Å². The second-order valence-corrected chi connectivity index (χ2v) is 7.14. The number of fused-ring (bicyclic) bond motifs is 1. The Labute approximate surface area is 128 Å². The fraction of sp³-hybridized carbons (Fsp3) is 0.667. The highest BCUT2D eigenvalue weighted by Crippen LogP contribution is 2.29. The van der Waals surface area contributed by atoms with Crippen molar-refractivity contribution >= 4 is 0 Å². The molecule has 2 saturated heterocycles. The molecule has 0 spiro atoms. The van der Waals surface area contributed by atoms with E-state index < -0.39 is 0 Å². The van der Waals surface area contributed by atoms with Crippen LogP contribution in [0.15, 0.2) is 24.3 Å². The van der Waals surface area contributed by atoms with Crippen molar-refractivity contribution in [2.24, 2.45) is 5.73 Å². The van der Waals surface area contributed by atoms with Crippen molar-refractivity contribution < 1.29 is 0 Å². The van der Waals surface area contributed by atoms with Crippen molar-refractivity contribution in [2.75, 3.05) is 26.2 Å². The van der Waals surface area contributed by atoms with Crippen LogP contribution >= 0.6 is 0 Å². The Morgan fingerprint density at radius 2 is 1.43 bits per heavy atom. The smallest absolute Gasteiger partial charge is 0.0235 e. The van der Waals surface area contributed by atoms with E-state index in [0.717, 1.165) is 12.1 Å². The van der Waals surface area contributed by atoms with Gasteiger partial charge in [0.1, 0.15) is 0 Å². The van der Waals surface area contributed by atoms with Crippen molar-refractivity contribution in [3.8, 4) is 0 Å². The van der Waals surface area contributed by atoms with Gasteiger partial charge in [-0.2, -0.15) is 0 Å². The normalized spacial score (nSPS) is 29.1. The van der Waals surface area contributed by atoms with E-state index in [1.807, 2.05) is 0 Å². The van der Waals surface area contributed by atoms with Gasteiger partial charge in [0.25, 0.3) is 0 Å². The Kier molecular flexibility index (Phi) is 3.74. The summed E-state index contributed by atoms with van der Waals surface area (Å²) in [5, 5.41) is 0. The summed E-state index contributed by atoms with van der Waals surface area (Å²) in [6.45, 7) is 4.98. The van der Waals surface area contributed by atoms with Gasteiger partial charge in [-0.3, -0.25) is 9.80 Å². The van der Waals surface area contributed by atoms with Gasteiger partial charge in [0.2, 0.25) is 0 Å². The summed E-state index contributed by atoms with van der Waals surface area (Å²) in [5.74, 6) is 0. The largest absolute Gasteiger partial charge is 0.328 e. The van der Waals surface area contributed by atoms with Gasteiger partial charge < -0.3 is 5.73 Å². The molecule has 21 heavy (non-hydrogen) atoms. The first-order valence-electron chi connectivity index (χ1n) is 8.60. The molecule has 4 rings (SSSR count). The van der Waals surface area contributed by atoms with E-state index in [2.05, 4.69) is 34.1 Å². The molecule has 0 aromatic heterocycles.